The fourth-order valence-electron chi connectivity index (χ4n) is 1.70. The lowest BCUT2D eigenvalue weighted by Crippen LogP contribution is -2.09. The van der Waals surface area contributed by atoms with Crippen molar-refractivity contribution in [3.05, 3.63) is 42.1 Å². The maximum Gasteiger partial charge on any atom is 0.340 e. The Morgan fingerprint density at radius 1 is 1.38 bits per heavy atom. The minimum atomic E-state index is -0.440. The second-order valence-corrected chi connectivity index (χ2v) is 5.14. The molecule has 1 aromatic carbocycles. The molecule has 1 heterocycles. The number of methoxy groups -OCH3 is 1. The molecule has 21 heavy (non-hydrogen) atoms. The molecule has 1 aromatic heterocycles. The first-order valence-corrected chi connectivity index (χ1v) is 7.21. The number of anilines is 1. The number of benzene rings is 1. The summed E-state index contributed by atoms with van der Waals surface area (Å²) in [6, 6.07) is 9.10. The van der Waals surface area contributed by atoms with Crippen molar-refractivity contribution in [3.63, 3.8) is 0 Å². The molecule has 0 radical (unpaired) electrons. The standard InChI is InChI=1S/C15H16N2O3S/c1-3-20-15(18)12-7-8-17-14(13(12)16)21-11-6-4-5-10(9-11)19-2/h4-9H,3,16H2,1-2H3. The van der Waals surface area contributed by atoms with Crippen LogP contribution >= 0.6 is 11.8 Å². The summed E-state index contributed by atoms with van der Waals surface area (Å²) in [5, 5.41) is 0.564. The molecule has 0 aliphatic carbocycles. The first-order valence-electron chi connectivity index (χ1n) is 6.39. The Hall–Kier alpha value is -2.21. The van der Waals surface area contributed by atoms with E-state index in [1.54, 1.807) is 26.3 Å². The molecule has 2 aromatic rings. The van der Waals surface area contributed by atoms with Crippen LogP contribution in [0.25, 0.3) is 0 Å². The molecule has 110 valence electrons. The van der Waals surface area contributed by atoms with Crippen LogP contribution in [0.2, 0.25) is 0 Å². The fourth-order valence-corrected chi connectivity index (χ4v) is 2.58. The number of esters is 1. The van der Waals surface area contributed by atoms with E-state index >= 15 is 0 Å². The summed E-state index contributed by atoms with van der Waals surface area (Å²) in [6.45, 7) is 2.06. The summed E-state index contributed by atoms with van der Waals surface area (Å²) < 4.78 is 10.2. The molecule has 0 saturated carbocycles. The van der Waals surface area contributed by atoms with Gasteiger partial charge in [0.15, 0.2) is 0 Å². The molecule has 0 atom stereocenters. The summed E-state index contributed by atoms with van der Waals surface area (Å²) in [7, 11) is 1.61. The van der Waals surface area contributed by atoms with Gasteiger partial charge in [0, 0.05) is 11.1 Å². The third-order valence-corrected chi connectivity index (χ3v) is 3.71. The van der Waals surface area contributed by atoms with Crippen LogP contribution in [0.3, 0.4) is 0 Å². The topological polar surface area (TPSA) is 74.4 Å². The average molecular weight is 304 g/mol. The Labute approximate surface area is 127 Å². The highest BCUT2D eigenvalue weighted by Gasteiger charge is 2.15. The lowest BCUT2D eigenvalue weighted by Gasteiger charge is -2.09. The van der Waals surface area contributed by atoms with Gasteiger partial charge in [-0.1, -0.05) is 17.8 Å². The predicted molar refractivity (Wildman–Crippen MR) is 81.7 cm³/mol. The van der Waals surface area contributed by atoms with Crippen molar-refractivity contribution in [3.8, 4) is 5.75 Å². The van der Waals surface area contributed by atoms with Gasteiger partial charge in [-0.05, 0) is 31.2 Å². The van der Waals surface area contributed by atoms with E-state index in [2.05, 4.69) is 4.98 Å². The van der Waals surface area contributed by atoms with Gasteiger partial charge in [-0.2, -0.15) is 0 Å². The van der Waals surface area contributed by atoms with Gasteiger partial charge >= 0.3 is 5.97 Å². The molecule has 0 aliphatic heterocycles. The van der Waals surface area contributed by atoms with Gasteiger partial charge in [0.25, 0.3) is 0 Å². The number of nitrogen functional groups attached to an aromatic ring is 1. The minimum Gasteiger partial charge on any atom is -0.497 e. The van der Waals surface area contributed by atoms with E-state index in [0.29, 0.717) is 22.9 Å². The van der Waals surface area contributed by atoms with Gasteiger partial charge in [-0.3, -0.25) is 0 Å². The first kappa shape index (κ1) is 15.2. The van der Waals surface area contributed by atoms with Crippen LogP contribution < -0.4 is 10.5 Å². The first-order chi connectivity index (χ1) is 10.2. The van der Waals surface area contributed by atoms with Crippen molar-refractivity contribution in [1.82, 2.24) is 4.98 Å². The lowest BCUT2D eigenvalue weighted by atomic mass is 10.2. The molecule has 0 amide bonds. The second kappa shape index (κ2) is 6.99. The Bertz CT molecular complexity index is 647. The van der Waals surface area contributed by atoms with Crippen LogP contribution in [0, 0.1) is 0 Å². The number of carbonyl (C=O) groups is 1. The Kier molecular flexibility index (Phi) is 5.05. The van der Waals surface area contributed by atoms with Crippen LogP contribution in [0.1, 0.15) is 17.3 Å². The monoisotopic (exact) mass is 304 g/mol. The van der Waals surface area contributed by atoms with Crippen molar-refractivity contribution in [2.45, 2.75) is 16.8 Å². The normalized spacial score (nSPS) is 10.2. The van der Waals surface area contributed by atoms with Gasteiger partial charge in [0.2, 0.25) is 0 Å². The third kappa shape index (κ3) is 3.66. The second-order valence-electron chi connectivity index (χ2n) is 4.08. The number of hydrogen-bond donors (Lipinski definition) is 1. The largest absolute Gasteiger partial charge is 0.497 e. The van der Waals surface area contributed by atoms with Crippen LogP contribution in [-0.2, 0) is 4.74 Å². The van der Waals surface area contributed by atoms with Crippen molar-refractivity contribution in [2.75, 3.05) is 19.5 Å². The number of nitrogens with two attached hydrogens (primary N) is 1. The highest BCUT2D eigenvalue weighted by molar-refractivity contribution is 7.99. The maximum absolute atomic E-state index is 11.8. The molecule has 2 rings (SSSR count). The average Bonchev–Trinajstić information content (AvgIpc) is 2.50. The van der Waals surface area contributed by atoms with Gasteiger partial charge in [-0.15, -0.1) is 0 Å². The van der Waals surface area contributed by atoms with Crippen LogP contribution in [0.5, 0.6) is 5.75 Å². The molecule has 0 aliphatic rings. The smallest absolute Gasteiger partial charge is 0.340 e. The molecule has 0 fully saturated rings. The van der Waals surface area contributed by atoms with Gasteiger partial charge in [0.05, 0.1) is 25.0 Å². The summed E-state index contributed by atoms with van der Waals surface area (Å²) in [6.07, 6.45) is 1.55. The number of pyridine rings is 1. The van der Waals surface area contributed by atoms with Crippen molar-refractivity contribution in [2.24, 2.45) is 0 Å². The molecule has 5 nitrogen and oxygen atoms in total. The van der Waals surface area contributed by atoms with Crippen LogP contribution in [-0.4, -0.2) is 24.7 Å². The summed E-state index contributed by atoms with van der Waals surface area (Å²) >= 11 is 1.37. The Morgan fingerprint density at radius 3 is 2.90 bits per heavy atom. The van der Waals surface area contributed by atoms with Gasteiger partial charge in [-0.25, -0.2) is 9.78 Å². The van der Waals surface area contributed by atoms with Crippen molar-refractivity contribution >= 4 is 23.4 Å². The third-order valence-electron chi connectivity index (χ3n) is 2.70. The maximum atomic E-state index is 11.8. The zero-order chi connectivity index (χ0) is 15.2. The van der Waals surface area contributed by atoms with E-state index in [-0.39, 0.29) is 0 Å². The number of carbonyl (C=O) groups excluding carboxylic acids is 1. The molecule has 0 unspecified atom stereocenters. The van der Waals surface area contributed by atoms with E-state index in [0.717, 1.165) is 10.6 Å². The zero-order valence-corrected chi connectivity index (χ0v) is 12.6. The molecular weight excluding hydrogens is 288 g/mol. The van der Waals surface area contributed by atoms with E-state index in [1.165, 1.54) is 11.8 Å². The van der Waals surface area contributed by atoms with Crippen LogP contribution in [0.4, 0.5) is 5.69 Å². The molecule has 0 spiro atoms. The molecule has 2 N–H and O–H groups in total. The van der Waals surface area contributed by atoms with Crippen molar-refractivity contribution < 1.29 is 14.3 Å². The Morgan fingerprint density at radius 2 is 2.19 bits per heavy atom. The number of ether oxygens (including phenoxy) is 2. The van der Waals surface area contributed by atoms with Crippen LogP contribution in [0.15, 0.2) is 46.5 Å². The predicted octanol–water partition coefficient (Wildman–Crippen LogP) is 3.00. The highest BCUT2D eigenvalue weighted by atomic mass is 32.2. The molecule has 0 bridgehead atoms. The zero-order valence-electron chi connectivity index (χ0n) is 11.8. The SMILES string of the molecule is CCOC(=O)c1ccnc(Sc2cccc(OC)c2)c1N. The highest BCUT2D eigenvalue weighted by Crippen LogP contribution is 2.33. The molecule has 6 heteroatoms. The van der Waals surface area contributed by atoms with E-state index in [9.17, 15) is 4.79 Å². The number of hydrogen-bond acceptors (Lipinski definition) is 6. The quantitative estimate of drug-likeness (QED) is 0.856. The van der Waals surface area contributed by atoms with E-state index < -0.39 is 5.97 Å². The summed E-state index contributed by atoms with van der Waals surface area (Å²) in [5.74, 6) is 0.310. The van der Waals surface area contributed by atoms with Crippen molar-refractivity contribution in [1.29, 1.82) is 0 Å². The molecule has 0 saturated heterocycles. The van der Waals surface area contributed by atoms with Gasteiger partial charge < -0.3 is 15.2 Å². The lowest BCUT2D eigenvalue weighted by molar-refractivity contribution is 0.0527. The number of aromatic nitrogens is 1. The number of nitrogens with zero attached hydrogens (tertiary/aromatic N) is 1. The minimum absolute atomic E-state index is 0.305. The number of rotatable bonds is 5. The summed E-state index contributed by atoms with van der Waals surface area (Å²) in [5.41, 5.74) is 6.67. The molecular formula is C15H16N2O3S. The van der Waals surface area contributed by atoms with Gasteiger partial charge in [0.1, 0.15) is 10.8 Å². The van der Waals surface area contributed by atoms with E-state index in [4.69, 9.17) is 15.2 Å². The fraction of sp³-hybridized carbons (Fsp3) is 0.200. The Balaban J connectivity index is 2.28. The van der Waals surface area contributed by atoms with E-state index in [1.807, 2.05) is 24.3 Å². The summed E-state index contributed by atoms with van der Waals surface area (Å²) in [4.78, 5) is 17.0.